The fourth-order valence-corrected chi connectivity index (χ4v) is 7.90. The molecule has 0 aliphatic carbocycles. The Hall–Kier alpha value is -5.59. The third-order valence-corrected chi connectivity index (χ3v) is 11.0. The topological polar surface area (TPSA) is 316 Å². The molecular weight excluding hydrogens is 755 g/mol. The molecule has 5 atom stereocenters. The second-order valence-corrected chi connectivity index (χ2v) is 14.0. The number of likely N-dealkylation sites (N-methyl/N-ethyl adjacent to an activating group) is 1. The number of imide groups is 1. The van der Waals surface area contributed by atoms with Crippen LogP contribution in [0.3, 0.4) is 0 Å². The van der Waals surface area contributed by atoms with E-state index in [1.54, 1.807) is 14.0 Å². The summed E-state index contributed by atoms with van der Waals surface area (Å²) in [5, 5.41) is 34.8. The molecule has 4 heterocycles. The average Bonchev–Trinajstić information content (AvgIpc) is 3.57. The Labute approximate surface area is 313 Å². The lowest BCUT2D eigenvalue weighted by Gasteiger charge is -2.49. The third-order valence-electron chi connectivity index (χ3n) is 8.58. The van der Waals surface area contributed by atoms with Crippen molar-refractivity contribution < 1.29 is 53.3 Å². The van der Waals surface area contributed by atoms with E-state index in [-0.39, 0.29) is 48.0 Å². The summed E-state index contributed by atoms with van der Waals surface area (Å²) in [5.74, 6) is -6.99. The Morgan fingerprint density at radius 1 is 1.06 bits per heavy atom. The minimum atomic E-state index is -1.58. The quantitative estimate of drug-likeness (QED) is 0.0485. The first-order valence-corrected chi connectivity index (χ1v) is 18.1. The molecule has 24 heteroatoms. The number of hydrogen-bond acceptors (Lipinski definition) is 16. The molecule has 0 saturated carbocycles. The number of fused-ring (bicyclic) bond motifs is 1. The van der Waals surface area contributed by atoms with E-state index in [4.69, 9.17) is 21.3 Å². The minimum Gasteiger partial charge on any atom is -0.480 e. The van der Waals surface area contributed by atoms with Gasteiger partial charge in [-0.3, -0.25) is 33.8 Å². The number of aromatic nitrogens is 4. The standard InChI is InChI=1S/C30H35N11O11S2/c1-3-39-8-9-40(24(45)23(39)44)29(51)34-18(14-6-4-13(5-7-14)17(32)28(50)52-10-16(31)26(46)47)21(42)33-19-22(43)41-20(27(48)49)15(11-53-25(19)41)12-54-30-35-36-37-38(30)2/h4-7,16-19,25H,3,8-12,31-32H2,1-2H3,(H,33,42)(H,34,51)(H,46,47)(H,48,49)/t16-,17?,18+,19-,25-/m1/s1. The number of carboxylic acid groups (broad SMARTS) is 2. The van der Waals surface area contributed by atoms with Gasteiger partial charge in [0.2, 0.25) is 11.1 Å². The van der Waals surface area contributed by atoms with Crippen LogP contribution in [0.2, 0.25) is 0 Å². The summed E-state index contributed by atoms with van der Waals surface area (Å²) in [4.78, 5) is 105. The first-order valence-electron chi connectivity index (χ1n) is 16.1. The molecular formula is C30H35N11O11S2. The van der Waals surface area contributed by atoms with Gasteiger partial charge in [-0.15, -0.1) is 16.9 Å². The number of aryl methyl sites for hydroxylation is 1. The third kappa shape index (κ3) is 8.14. The maximum absolute atomic E-state index is 13.9. The number of nitrogens with one attached hydrogen (secondary N) is 2. The van der Waals surface area contributed by atoms with Crippen molar-refractivity contribution in [2.45, 2.75) is 41.6 Å². The molecule has 3 aliphatic heterocycles. The highest BCUT2D eigenvalue weighted by molar-refractivity contribution is 8.01. The number of urea groups is 1. The maximum Gasteiger partial charge on any atom is 0.352 e. The van der Waals surface area contributed by atoms with E-state index in [1.807, 2.05) is 0 Å². The van der Waals surface area contributed by atoms with Gasteiger partial charge < -0.3 is 42.0 Å². The Morgan fingerprint density at radius 3 is 2.35 bits per heavy atom. The Kier molecular flexibility index (Phi) is 12.2. The zero-order valence-corrected chi connectivity index (χ0v) is 30.2. The molecule has 8 N–H and O–H groups in total. The summed E-state index contributed by atoms with van der Waals surface area (Å²) >= 11 is 2.40. The number of esters is 1. The van der Waals surface area contributed by atoms with Crippen LogP contribution in [-0.2, 0) is 45.3 Å². The van der Waals surface area contributed by atoms with Crippen molar-refractivity contribution in [2.24, 2.45) is 18.5 Å². The van der Waals surface area contributed by atoms with Crippen molar-refractivity contribution in [1.29, 1.82) is 0 Å². The first-order chi connectivity index (χ1) is 25.6. The highest BCUT2D eigenvalue weighted by Crippen LogP contribution is 2.41. The number of carbonyl (C=O) groups excluding carboxylic acids is 6. The second kappa shape index (κ2) is 16.6. The van der Waals surface area contributed by atoms with Gasteiger partial charge in [-0.25, -0.2) is 19.1 Å². The number of benzene rings is 1. The Morgan fingerprint density at radius 2 is 1.74 bits per heavy atom. The van der Waals surface area contributed by atoms with Gasteiger partial charge in [0.15, 0.2) is 0 Å². The summed E-state index contributed by atoms with van der Waals surface area (Å²) in [7, 11) is 1.62. The summed E-state index contributed by atoms with van der Waals surface area (Å²) in [6.45, 7) is 1.17. The number of ether oxygens (including phenoxy) is 1. The molecule has 6 amide bonds. The molecule has 5 rings (SSSR count). The fourth-order valence-electron chi connectivity index (χ4n) is 5.56. The molecule has 1 aromatic heterocycles. The Bertz CT molecular complexity index is 1910. The lowest BCUT2D eigenvalue weighted by molar-refractivity contribution is -0.153. The van der Waals surface area contributed by atoms with Gasteiger partial charge in [0, 0.05) is 38.2 Å². The van der Waals surface area contributed by atoms with Crippen molar-refractivity contribution in [3.63, 3.8) is 0 Å². The molecule has 0 bridgehead atoms. The van der Waals surface area contributed by atoms with Gasteiger partial charge in [-0.1, -0.05) is 36.0 Å². The van der Waals surface area contributed by atoms with Crippen molar-refractivity contribution in [3.8, 4) is 0 Å². The molecule has 22 nitrogen and oxygen atoms in total. The number of β-lactam (4-membered cyclic amide) rings is 1. The van der Waals surface area contributed by atoms with Crippen LogP contribution in [0.5, 0.6) is 0 Å². The number of piperazine rings is 1. The normalized spacial score (nSPS) is 20.1. The van der Waals surface area contributed by atoms with E-state index in [9.17, 15) is 43.5 Å². The highest BCUT2D eigenvalue weighted by Gasteiger charge is 2.54. The largest absolute Gasteiger partial charge is 0.480 e. The first kappa shape index (κ1) is 39.6. The van der Waals surface area contributed by atoms with Crippen molar-refractivity contribution in [3.05, 3.63) is 46.7 Å². The number of thioether (sulfide) groups is 2. The number of nitrogens with two attached hydrogens (primary N) is 2. The predicted octanol–water partition coefficient (Wildman–Crippen LogP) is -2.86. The van der Waals surface area contributed by atoms with Crippen LogP contribution >= 0.6 is 23.5 Å². The second-order valence-electron chi connectivity index (χ2n) is 12.0. The fraction of sp³-hybridized carbons (Fsp3) is 0.433. The van der Waals surface area contributed by atoms with E-state index < -0.39 is 83.7 Å². The van der Waals surface area contributed by atoms with E-state index >= 15 is 0 Å². The molecule has 3 aliphatic rings. The number of rotatable bonds is 14. The molecule has 0 spiro atoms. The van der Waals surface area contributed by atoms with Gasteiger partial charge in [-0.05, 0) is 34.1 Å². The summed E-state index contributed by atoms with van der Waals surface area (Å²) < 4.78 is 6.30. The van der Waals surface area contributed by atoms with Crippen LogP contribution in [0.4, 0.5) is 4.79 Å². The molecule has 2 fully saturated rings. The lowest BCUT2D eigenvalue weighted by Crippen LogP contribution is -2.71. The predicted molar refractivity (Wildman–Crippen MR) is 184 cm³/mol. The van der Waals surface area contributed by atoms with Crippen LogP contribution in [0.25, 0.3) is 0 Å². The van der Waals surface area contributed by atoms with E-state index in [0.717, 1.165) is 4.90 Å². The van der Waals surface area contributed by atoms with Crippen LogP contribution in [-0.4, -0.2) is 148 Å². The van der Waals surface area contributed by atoms with E-state index in [0.29, 0.717) is 15.6 Å². The zero-order valence-electron chi connectivity index (χ0n) is 28.6. The lowest BCUT2D eigenvalue weighted by atomic mass is 9.99. The van der Waals surface area contributed by atoms with Gasteiger partial charge >= 0.3 is 35.8 Å². The van der Waals surface area contributed by atoms with Gasteiger partial charge in [0.25, 0.3) is 5.91 Å². The van der Waals surface area contributed by atoms with Gasteiger partial charge in [0.1, 0.15) is 41.8 Å². The molecule has 1 unspecified atom stereocenters. The molecule has 2 saturated heterocycles. The molecule has 54 heavy (non-hydrogen) atoms. The van der Waals surface area contributed by atoms with Crippen molar-refractivity contribution >= 4 is 71.1 Å². The number of carboxylic acids is 2. The molecule has 288 valence electrons. The van der Waals surface area contributed by atoms with Gasteiger partial charge in [-0.2, -0.15) is 0 Å². The van der Waals surface area contributed by atoms with Crippen LogP contribution < -0.4 is 22.1 Å². The van der Waals surface area contributed by atoms with E-state index in [1.165, 1.54) is 57.4 Å². The molecule has 2 aromatic rings. The Balaban J connectivity index is 1.34. The zero-order chi connectivity index (χ0) is 39.4. The monoisotopic (exact) mass is 789 g/mol. The minimum absolute atomic E-state index is 0.0616. The summed E-state index contributed by atoms with van der Waals surface area (Å²) in [6, 6.07) is -1.36. The number of hydrogen-bond donors (Lipinski definition) is 6. The number of tetrazole rings is 1. The summed E-state index contributed by atoms with van der Waals surface area (Å²) in [5.41, 5.74) is 11.8. The van der Waals surface area contributed by atoms with Crippen molar-refractivity contribution in [2.75, 3.05) is 37.7 Å². The van der Waals surface area contributed by atoms with Crippen molar-refractivity contribution in [1.82, 2.24) is 45.5 Å². The maximum atomic E-state index is 13.9. The number of aliphatic carboxylic acids is 2. The highest BCUT2D eigenvalue weighted by atomic mass is 32.2. The molecule has 1 aromatic carbocycles. The number of nitrogens with zero attached hydrogens (tertiary/aromatic N) is 7. The average molecular weight is 790 g/mol. The van der Waals surface area contributed by atoms with Gasteiger partial charge in [0.05, 0.1) is 0 Å². The number of amides is 6. The van der Waals surface area contributed by atoms with Crippen LogP contribution in [0.15, 0.2) is 40.7 Å². The molecule has 0 radical (unpaired) electrons. The summed E-state index contributed by atoms with van der Waals surface area (Å²) in [6.07, 6.45) is 0. The SMILES string of the molecule is CCN1CCN(C(=O)N[C@H](C(=O)N[C@@H]2C(=O)N3C(C(=O)O)=C(CSc4nnnn4C)CS[C@H]23)c2ccc(C(N)C(=O)OC[C@@H](N)C(=O)O)cc2)C(=O)C1=O. The number of carbonyl (C=O) groups is 8. The van der Waals surface area contributed by atoms with E-state index in [2.05, 4.69) is 26.2 Å². The smallest absolute Gasteiger partial charge is 0.352 e. The van der Waals surface area contributed by atoms with Crippen LogP contribution in [0.1, 0.15) is 30.1 Å². The van der Waals surface area contributed by atoms with Crippen LogP contribution in [0, 0.1) is 0 Å².